The lowest BCUT2D eigenvalue weighted by atomic mass is 10.0. The third kappa shape index (κ3) is 5.61. The van der Waals surface area contributed by atoms with Crippen LogP contribution in [0.15, 0.2) is 60.8 Å². The molecule has 0 saturated carbocycles. The van der Waals surface area contributed by atoms with Crippen LogP contribution in [0.4, 0.5) is 11.6 Å². The number of pyridine rings is 1. The number of hydrogen-bond donors (Lipinski definition) is 1. The average molecular weight is 514 g/mol. The highest BCUT2D eigenvalue weighted by Crippen LogP contribution is 2.29. The fraction of sp³-hybridized carbons (Fsp3) is 0.310. The number of fused-ring (bicyclic) bond motifs is 1. The number of hydrogen-bond acceptors (Lipinski definition) is 7. The van der Waals surface area contributed by atoms with Crippen LogP contribution < -0.4 is 10.1 Å². The molecule has 0 atom stereocenters. The normalized spacial score (nSPS) is 13.2. The van der Waals surface area contributed by atoms with E-state index in [0.717, 1.165) is 36.2 Å². The highest BCUT2D eigenvalue weighted by atomic mass is 16.6. The molecule has 1 fully saturated rings. The monoisotopic (exact) mass is 513 g/mol. The predicted octanol–water partition coefficient (Wildman–Crippen LogP) is 4.88. The number of rotatable bonds is 7. The zero-order valence-electron chi connectivity index (χ0n) is 22.0. The van der Waals surface area contributed by atoms with Gasteiger partial charge in [-0.3, -0.25) is 9.59 Å². The van der Waals surface area contributed by atoms with Gasteiger partial charge in [0, 0.05) is 30.4 Å². The minimum absolute atomic E-state index is 0.0114. The Kier molecular flexibility index (Phi) is 6.75. The molecule has 196 valence electrons. The molecule has 0 radical (unpaired) electrons. The van der Waals surface area contributed by atoms with Crippen molar-refractivity contribution in [1.29, 1.82) is 0 Å². The van der Waals surface area contributed by atoms with Gasteiger partial charge in [0.15, 0.2) is 5.65 Å². The van der Waals surface area contributed by atoms with Gasteiger partial charge in [-0.25, -0.2) is 4.52 Å². The predicted molar refractivity (Wildman–Crippen MR) is 145 cm³/mol. The molecular formula is C29H31N5O4. The summed E-state index contributed by atoms with van der Waals surface area (Å²) >= 11 is 0. The van der Waals surface area contributed by atoms with Gasteiger partial charge in [-0.05, 0) is 68.7 Å². The highest BCUT2D eigenvalue weighted by molar-refractivity contribution is 5.95. The third-order valence-electron chi connectivity index (χ3n) is 6.22. The van der Waals surface area contributed by atoms with Crippen molar-refractivity contribution >= 4 is 29.2 Å². The van der Waals surface area contributed by atoms with E-state index < -0.39 is 5.60 Å². The number of benzene rings is 2. The smallest absolute Gasteiger partial charge is 0.310 e. The van der Waals surface area contributed by atoms with Gasteiger partial charge < -0.3 is 19.7 Å². The van der Waals surface area contributed by atoms with Crippen molar-refractivity contribution in [3.05, 3.63) is 71.9 Å². The summed E-state index contributed by atoms with van der Waals surface area (Å²) in [4.78, 5) is 31.0. The molecular weight excluding hydrogens is 482 g/mol. The Balaban J connectivity index is 1.30. The van der Waals surface area contributed by atoms with Crippen LogP contribution in [0.25, 0.3) is 16.8 Å². The van der Waals surface area contributed by atoms with Gasteiger partial charge in [0.2, 0.25) is 5.95 Å². The SMILES string of the molecule is COc1cc(C(=O)N2CCC2)ccc1Nc1nc2ccc(-c3ccc(CC(=O)OC(C)(C)C)cc3)cn2n1. The maximum atomic E-state index is 12.5. The lowest BCUT2D eigenvalue weighted by Crippen LogP contribution is -2.42. The Hall–Kier alpha value is -4.40. The molecule has 0 bridgehead atoms. The van der Waals surface area contributed by atoms with Crippen LogP contribution in [0.5, 0.6) is 5.75 Å². The zero-order chi connectivity index (χ0) is 26.9. The van der Waals surface area contributed by atoms with Crippen LogP contribution in [-0.2, 0) is 16.0 Å². The first-order valence-electron chi connectivity index (χ1n) is 12.6. The number of carbonyl (C=O) groups is 2. The minimum atomic E-state index is -0.501. The second kappa shape index (κ2) is 10.2. The first-order chi connectivity index (χ1) is 18.2. The van der Waals surface area contributed by atoms with Crippen molar-refractivity contribution in [2.45, 2.75) is 39.2 Å². The summed E-state index contributed by atoms with van der Waals surface area (Å²) in [5, 5.41) is 7.77. The van der Waals surface area contributed by atoms with Gasteiger partial charge in [0.1, 0.15) is 11.4 Å². The molecule has 3 heterocycles. The van der Waals surface area contributed by atoms with Crippen LogP contribution >= 0.6 is 0 Å². The van der Waals surface area contributed by atoms with E-state index in [1.165, 1.54) is 0 Å². The maximum absolute atomic E-state index is 12.5. The summed E-state index contributed by atoms with van der Waals surface area (Å²) in [7, 11) is 1.57. The molecule has 0 aliphatic carbocycles. The molecule has 9 nitrogen and oxygen atoms in total. The highest BCUT2D eigenvalue weighted by Gasteiger charge is 2.22. The number of amides is 1. The Labute approximate surface area is 221 Å². The Morgan fingerprint density at radius 3 is 2.39 bits per heavy atom. The summed E-state index contributed by atoms with van der Waals surface area (Å²) in [6, 6.07) is 17.0. The largest absolute Gasteiger partial charge is 0.495 e. The van der Waals surface area contributed by atoms with Gasteiger partial charge in [-0.2, -0.15) is 4.98 Å². The maximum Gasteiger partial charge on any atom is 0.310 e. The first kappa shape index (κ1) is 25.3. The summed E-state index contributed by atoms with van der Waals surface area (Å²) in [5.41, 5.74) is 4.29. The van der Waals surface area contributed by atoms with Gasteiger partial charge in [0.05, 0.1) is 19.2 Å². The molecule has 0 unspecified atom stereocenters. The summed E-state index contributed by atoms with van der Waals surface area (Å²) in [6.45, 7) is 7.17. The quantitative estimate of drug-likeness (QED) is 0.352. The zero-order valence-corrected chi connectivity index (χ0v) is 22.0. The molecule has 2 aromatic heterocycles. The second-order valence-electron chi connectivity index (χ2n) is 10.3. The molecule has 4 aromatic rings. The standard InChI is InChI=1S/C29H31N5O4/c1-29(2,3)38-26(35)16-19-6-8-20(9-7-19)22-11-13-25-31-28(32-34(25)18-22)30-23-12-10-21(17-24(23)37-4)27(36)33-14-5-15-33/h6-13,17-18H,5,14-16H2,1-4H3,(H,30,32). The number of nitrogens with zero attached hydrogens (tertiary/aromatic N) is 4. The van der Waals surface area contributed by atoms with Crippen molar-refractivity contribution in [2.75, 3.05) is 25.5 Å². The average Bonchev–Trinajstić information content (AvgIpc) is 3.24. The van der Waals surface area contributed by atoms with Crippen molar-refractivity contribution in [3.8, 4) is 16.9 Å². The number of likely N-dealkylation sites (tertiary alicyclic amines) is 1. The molecule has 1 aliphatic rings. The molecule has 0 spiro atoms. The third-order valence-corrected chi connectivity index (χ3v) is 6.22. The molecule has 1 aliphatic heterocycles. The van der Waals surface area contributed by atoms with E-state index in [1.54, 1.807) is 23.8 Å². The van der Waals surface area contributed by atoms with E-state index in [-0.39, 0.29) is 18.3 Å². The number of aromatic nitrogens is 3. The summed E-state index contributed by atoms with van der Waals surface area (Å²) < 4.78 is 12.6. The second-order valence-corrected chi connectivity index (χ2v) is 10.3. The minimum Gasteiger partial charge on any atom is -0.495 e. The van der Waals surface area contributed by atoms with Gasteiger partial charge in [-0.15, -0.1) is 5.10 Å². The molecule has 38 heavy (non-hydrogen) atoms. The van der Waals surface area contributed by atoms with Crippen LogP contribution in [0, 0.1) is 0 Å². The van der Waals surface area contributed by atoms with E-state index in [1.807, 2.05) is 74.3 Å². The molecule has 9 heteroatoms. The van der Waals surface area contributed by atoms with Crippen LogP contribution in [0.3, 0.4) is 0 Å². The molecule has 2 aromatic carbocycles. The van der Waals surface area contributed by atoms with E-state index in [2.05, 4.69) is 15.4 Å². The summed E-state index contributed by atoms with van der Waals surface area (Å²) in [5.74, 6) is 0.720. The van der Waals surface area contributed by atoms with E-state index in [4.69, 9.17) is 9.47 Å². The lowest BCUT2D eigenvalue weighted by molar-refractivity contribution is -0.153. The summed E-state index contributed by atoms with van der Waals surface area (Å²) in [6.07, 6.45) is 3.18. The van der Waals surface area contributed by atoms with Crippen molar-refractivity contribution < 1.29 is 19.1 Å². The topological polar surface area (TPSA) is 98.1 Å². The van der Waals surface area contributed by atoms with Crippen LogP contribution in [0.2, 0.25) is 0 Å². The van der Waals surface area contributed by atoms with Gasteiger partial charge in [0.25, 0.3) is 5.91 Å². The Morgan fingerprint density at radius 2 is 1.74 bits per heavy atom. The van der Waals surface area contributed by atoms with Crippen LogP contribution in [-0.4, -0.2) is 57.2 Å². The van der Waals surface area contributed by atoms with Crippen molar-refractivity contribution in [1.82, 2.24) is 19.5 Å². The Morgan fingerprint density at radius 1 is 1.00 bits per heavy atom. The Bertz CT molecular complexity index is 1480. The number of ether oxygens (including phenoxy) is 2. The van der Waals surface area contributed by atoms with E-state index in [0.29, 0.717) is 28.6 Å². The first-order valence-corrected chi connectivity index (χ1v) is 12.6. The molecule has 5 rings (SSSR count). The number of anilines is 2. The van der Waals surface area contributed by atoms with E-state index >= 15 is 0 Å². The number of nitrogens with one attached hydrogen (secondary N) is 1. The number of carbonyl (C=O) groups excluding carboxylic acids is 2. The fourth-order valence-corrected chi connectivity index (χ4v) is 4.22. The van der Waals surface area contributed by atoms with Crippen LogP contribution in [0.1, 0.15) is 43.1 Å². The lowest BCUT2D eigenvalue weighted by Gasteiger charge is -2.31. The van der Waals surface area contributed by atoms with Gasteiger partial charge in [-0.1, -0.05) is 24.3 Å². The molecule has 1 N–H and O–H groups in total. The number of methoxy groups -OCH3 is 1. The van der Waals surface area contributed by atoms with Crippen molar-refractivity contribution in [3.63, 3.8) is 0 Å². The van der Waals surface area contributed by atoms with E-state index in [9.17, 15) is 9.59 Å². The fourth-order valence-electron chi connectivity index (χ4n) is 4.22. The molecule has 1 amide bonds. The number of esters is 1. The van der Waals surface area contributed by atoms with Gasteiger partial charge >= 0.3 is 5.97 Å². The van der Waals surface area contributed by atoms with Crippen molar-refractivity contribution in [2.24, 2.45) is 0 Å². The molecule has 1 saturated heterocycles.